The third kappa shape index (κ3) is 9.75. The SMILES string of the molecule is CCCCCC/C=C/CC(CC)CC(=O)O. The first kappa shape index (κ1) is 15.2. The maximum absolute atomic E-state index is 10.6. The van der Waals surface area contributed by atoms with Gasteiger partial charge in [-0.3, -0.25) is 4.79 Å². The summed E-state index contributed by atoms with van der Waals surface area (Å²) in [6.45, 7) is 4.27. The zero-order valence-corrected chi connectivity index (χ0v) is 10.7. The molecule has 1 atom stereocenters. The van der Waals surface area contributed by atoms with E-state index >= 15 is 0 Å². The average Bonchev–Trinajstić information content (AvgIpc) is 2.25. The highest BCUT2D eigenvalue weighted by Crippen LogP contribution is 2.14. The number of rotatable bonds is 10. The fraction of sp³-hybridized carbons (Fsp3) is 0.786. The predicted molar refractivity (Wildman–Crippen MR) is 68.5 cm³/mol. The summed E-state index contributed by atoms with van der Waals surface area (Å²) in [5.74, 6) is -0.368. The van der Waals surface area contributed by atoms with Crippen molar-refractivity contribution in [1.29, 1.82) is 0 Å². The molecule has 0 aliphatic rings. The van der Waals surface area contributed by atoms with Crippen LogP contribution in [0.4, 0.5) is 0 Å². The minimum atomic E-state index is -0.678. The smallest absolute Gasteiger partial charge is 0.303 e. The van der Waals surface area contributed by atoms with E-state index in [1.54, 1.807) is 0 Å². The van der Waals surface area contributed by atoms with Gasteiger partial charge in [0.2, 0.25) is 0 Å². The van der Waals surface area contributed by atoms with E-state index in [-0.39, 0.29) is 0 Å². The van der Waals surface area contributed by atoms with E-state index in [0.717, 1.165) is 19.3 Å². The van der Waals surface area contributed by atoms with Crippen molar-refractivity contribution in [3.05, 3.63) is 12.2 Å². The van der Waals surface area contributed by atoms with Gasteiger partial charge in [-0.05, 0) is 25.2 Å². The van der Waals surface area contributed by atoms with Crippen molar-refractivity contribution in [2.24, 2.45) is 5.92 Å². The van der Waals surface area contributed by atoms with E-state index < -0.39 is 5.97 Å². The molecule has 0 aromatic rings. The zero-order valence-electron chi connectivity index (χ0n) is 10.7. The molecule has 0 spiro atoms. The van der Waals surface area contributed by atoms with Crippen LogP contribution in [0.15, 0.2) is 12.2 Å². The zero-order chi connectivity index (χ0) is 12.2. The van der Waals surface area contributed by atoms with E-state index in [4.69, 9.17) is 5.11 Å². The molecule has 0 fully saturated rings. The van der Waals surface area contributed by atoms with Crippen LogP contribution >= 0.6 is 0 Å². The maximum Gasteiger partial charge on any atom is 0.303 e. The molecular weight excluding hydrogens is 200 g/mol. The van der Waals surface area contributed by atoms with Gasteiger partial charge in [-0.2, -0.15) is 0 Å². The molecule has 0 heterocycles. The minimum Gasteiger partial charge on any atom is -0.481 e. The molecule has 1 unspecified atom stereocenters. The van der Waals surface area contributed by atoms with E-state index in [9.17, 15) is 4.79 Å². The third-order valence-electron chi connectivity index (χ3n) is 2.90. The van der Waals surface area contributed by atoms with Crippen molar-refractivity contribution >= 4 is 5.97 Å². The summed E-state index contributed by atoms with van der Waals surface area (Å²) in [5, 5.41) is 8.69. The molecule has 0 rings (SSSR count). The molecular formula is C14H26O2. The fourth-order valence-electron chi connectivity index (χ4n) is 1.74. The van der Waals surface area contributed by atoms with Crippen molar-refractivity contribution in [1.82, 2.24) is 0 Å². The Bertz CT molecular complexity index is 197. The second kappa shape index (κ2) is 10.7. The summed E-state index contributed by atoms with van der Waals surface area (Å²) in [6, 6.07) is 0. The van der Waals surface area contributed by atoms with E-state index in [2.05, 4.69) is 26.0 Å². The van der Waals surface area contributed by atoms with Gasteiger partial charge in [0, 0.05) is 6.42 Å². The van der Waals surface area contributed by atoms with Crippen LogP contribution in [-0.2, 0) is 4.79 Å². The van der Waals surface area contributed by atoms with Gasteiger partial charge < -0.3 is 5.11 Å². The summed E-state index contributed by atoms with van der Waals surface area (Å²) in [6.07, 6.45) is 12.9. The van der Waals surface area contributed by atoms with Gasteiger partial charge in [-0.25, -0.2) is 0 Å². The molecule has 0 aromatic carbocycles. The van der Waals surface area contributed by atoms with Crippen molar-refractivity contribution in [2.75, 3.05) is 0 Å². The number of hydrogen-bond acceptors (Lipinski definition) is 1. The number of aliphatic carboxylic acids is 1. The van der Waals surface area contributed by atoms with Crippen LogP contribution in [0.1, 0.15) is 65.2 Å². The molecule has 0 aromatic heterocycles. The quantitative estimate of drug-likeness (QED) is 0.442. The Balaban J connectivity index is 3.51. The molecule has 0 bridgehead atoms. The Morgan fingerprint density at radius 1 is 1.19 bits per heavy atom. The lowest BCUT2D eigenvalue weighted by atomic mass is 9.98. The number of hydrogen-bond donors (Lipinski definition) is 1. The first-order chi connectivity index (χ1) is 7.70. The highest BCUT2D eigenvalue weighted by atomic mass is 16.4. The van der Waals surface area contributed by atoms with Crippen LogP contribution in [0.2, 0.25) is 0 Å². The normalized spacial score (nSPS) is 13.1. The summed E-state index contributed by atoms with van der Waals surface area (Å²) in [7, 11) is 0. The van der Waals surface area contributed by atoms with Crippen molar-refractivity contribution in [3.8, 4) is 0 Å². The van der Waals surface area contributed by atoms with Gasteiger partial charge in [0.1, 0.15) is 0 Å². The molecule has 0 saturated carbocycles. The Kier molecular flexibility index (Phi) is 10.2. The standard InChI is InChI=1S/C14H26O2/c1-3-5-6-7-8-9-10-11-13(4-2)12-14(15)16/h9-10,13H,3-8,11-12H2,1-2H3,(H,15,16)/b10-9+. The van der Waals surface area contributed by atoms with Crippen LogP contribution < -0.4 is 0 Å². The van der Waals surface area contributed by atoms with Crippen LogP contribution in [0.25, 0.3) is 0 Å². The molecule has 0 amide bonds. The highest BCUT2D eigenvalue weighted by molar-refractivity contribution is 5.67. The molecule has 0 aliphatic heterocycles. The largest absolute Gasteiger partial charge is 0.481 e. The number of allylic oxidation sites excluding steroid dienone is 2. The third-order valence-corrected chi connectivity index (χ3v) is 2.90. The summed E-state index contributed by atoms with van der Waals surface area (Å²) < 4.78 is 0. The lowest BCUT2D eigenvalue weighted by Crippen LogP contribution is -2.05. The van der Waals surface area contributed by atoms with E-state index in [1.807, 2.05) is 0 Å². The molecule has 0 aliphatic carbocycles. The number of unbranched alkanes of at least 4 members (excludes halogenated alkanes) is 4. The molecule has 2 heteroatoms. The summed E-state index contributed by atoms with van der Waals surface area (Å²) in [4.78, 5) is 10.6. The average molecular weight is 226 g/mol. The topological polar surface area (TPSA) is 37.3 Å². The second-order valence-corrected chi connectivity index (χ2v) is 4.43. The first-order valence-electron chi connectivity index (χ1n) is 6.57. The van der Waals surface area contributed by atoms with Gasteiger partial charge in [0.05, 0.1) is 0 Å². The van der Waals surface area contributed by atoms with Gasteiger partial charge in [-0.1, -0.05) is 51.7 Å². The summed E-state index contributed by atoms with van der Waals surface area (Å²) >= 11 is 0. The maximum atomic E-state index is 10.6. The second-order valence-electron chi connectivity index (χ2n) is 4.43. The Labute approximate surface area is 99.7 Å². The summed E-state index contributed by atoms with van der Waals surface area (Å²) in [5.41, 5.74) is 0. The number of carboxylic acids is 1. The van der Waals surface area contributed by atoms with Crippen LogP contribution in [0.3, 0.4) is 0 Å². The lowest BCUT2D eigenvalue weighted by molar-refractivity contribution is -0.138. The molecule has 0 saturated heterocycles. The molecule has 1 N–H and O–H groups in total. The van der Waals surface area contributed by atoms with Crippen molar-refractivity contribution < 1.29 is 9.90 Å². The Morgan fingerprint density at radius 3 is 2.50 bits per heavy atom. The molecule has 0 radical (unpaired) electrons. The molecule has 16 heavy (non-hydrogen) atoms. The molecule has 2 nitrogen and oxygen atoms in total. The van der Waals surface area contributed by atoms with E-state index in [1.165, 1.54) is 25.7 Å². The van der Waals surface area contributed by atoms with Crippen LogP contribution in [0, 0.1) is 5.92 Å². The molecule has 94 valence electrons. The first-order valence-corrected chi connectivity index (χ1v) is 6.57. The monoisotopic (exact) mass is 226 g/mol. The fourth-order valence-corrected chi connectivity index (χ4v) is 1.74. The predicted octanol–water partition coefficient (Wildman–Crippen LogP) is 4.40. The van der Waals surface area contributed by atoms with Gasteiger partial charge in [0.25, 0.3) is 0 Å². The van der Waals surface area contributed by atoms with Gasteiger partial charge >= 0.3 is 5.97 Å². The van der Waals surface area contributed by atoms with Crippen LogP contribution in [0.5, 0.6) is 0 Å². The number of carbonyl (C=O) groups is 1. The Hall–Kier alpha value is -0.790. The number of carboxylic acid groups (broad SMARTS) is 1. The van der Waals surface area contributed by atoms with Crippen molar-refractivity contribution in [3.63, 3.8) is 0 Å². The van der Waals surface area contributed by atoms with E-state index in [0.29, 0.717) is 12.3 Å². The van der Waals surface area contributed by atoms with Gasteiger partial charge in [0.15, 0.2) is 0 Å². The lowest BCUT2D eigenvalue weighted by Gasteiger charge is -2.08. The van der Waals surface area contributed by atoms with Crippen LogP contribution in [-0.4, -0.2) is 11.1 Å². The Morgan fingerprint density at radius 2 is 1.94 bits per heavy atom. The minimum absolute atomic E-state index is 0.302. The van der Waals surface area contributed by atoms with Crippen molar-refractivity contribution in [2.45, 2.75) is 65.2 Å². The van der Waals surface area contributed by atoms with Gasteiger partial charge in [-0.15, -0.1) is 0 Å². The highest BCUT2D eigenvalue weighted by Gasteiger charge is 2.08.